The van der Waals surface area contributed by atoms with Crippen molar-refractivity contribution in [2.24, 2.45) is 17.3 Å². The first-order valence-corrected chi connectivity index (χ1v) is 7.96. The van der Waals surface area contributed by atoms with Gasteiger partial charge in [0.25, 0.3) is 0 Å². The van der Waals surface area contributed by atoms with Crippen molar-refractivity contribution in [3.05, 3.63) is 29.8 Å². The van der Waals surface area contributed by atoms with E-state index in [0.717, 1.165) is 24.8 Å². The van der Waals surface area contributed by atoms with E-state index >= 15 is 0 Å². The summed E-state index contributed by atoms with van der Waals surface area (Å²) in [5.74, 6) is 1.06. The molecule has 0 radical (unpaired) electrons. The van der Waals surface area contributed by atoms with Crippen LogP contribution in [0.25, 0.3) is 0 Å². The fourth-order valence-corrected chi connectivity index (χ4v) is 3.69. The normalized spacial score (nSPS) is 24.5. The van der Waals surface area contributed by atoms with E-state index in [4.69, 9.17) is 0 Å². The number of aromatic hydroxyl groups is 1. The van der Waals surface area contributed by atoms with Gasteiger partial charge in [-0.2, -0.15) is 0 Å². The lowest BCUT2D eigenvalue weighted by Crippen LogP contribution is -2.45. The maximum Gasteiger partial charge on any atom is 0.223 e. The summed E-state index contributed by atoms with van der Waals surface area (Å²) in [4.78, 5) is 12.5. The van der Waals surface area contributed by atoms with Crippen LogP contribution in [0.3, 0.4) is 0 Å². The number of nitrogens with one attached hydrogen (secondary N) is 1. The van der Waals surface area contributed by atoms with Crippen molar-refractivity contribution in [1.29, 1.82) is 0 Å². The number of phenolic OH excluding ortho intramolecular Hbond substituents is 1. The minimum atomic E-state index is 0.0975. The molecular weight excluding hydrogens is 262 g/mol. The third-order valence-corrected chi connectivity index (χ3v) is 4.82. The lowest BCUT2D eigenvalue weighted by molar-refractivity contribution is -0.132. The molecule has 0 heterocycles. The second kappa shape index (κ2) is 6.50. The van der Waals surface area contributed by atoms with Gasteiger partial charge in [-0.25, -0.2) is 0 Å². The molecule has 3 heteroatoms. The minimum absolute atomic E-state index is 0.0975. The Balaban J connectivity index is 1.87. The molecule has 1 saturated carbocycles. The van der Waals surface area contributed by atoms with Crippen LogP contribution < -0.4 is 5.32 Å². The lowest BCUT2D eigenvalue weighted by Gasteiger charge is -2.41. The number of phenols is 1. The number of carbonyl (C=O) groups excluding carboxylic acids is 1. The number of rotatable bonds is 4. The average molecular weight is 289 g/mol. The van der Waals surface area contributed by atoms with Crippen molar-refractivity contribution >= 4 is 5.91 Å². The molecule has 0 spiro atoms. The average Bonchev–Trinajstić information content (AvgIpc) is 2.40. The molecule has 2 atom stereocenters. The first-order valence-electron chi connectivity index (χ1n) is 7.96. The summed E-state index contributed by atoms with van der Waals surface area (Å²) in [5.41, 5.74) is 1.23. The zero-order valence-corrected chi connectivity index (χ0v) is 13.4. The standard InChI is InChI=1S/C18H27NO2/c1-13-5-4-11-18(2,3)16(13)17(21)19-12-10-14-6-8-15(20)9-7-14/h6-9,13,16,20H,4-5,10-12H2,1-3H3,(H,19,21)/t13-,16-/m0/s1. The molecule has 21 heavy (non-hydrogen) atoms. The van der Waals surface area contributed by atoms with Gasteiger partial charge in [-0.05, 0) is 48.3 Å². The number of carbonyl (C=O) groups is 1. The van der Waals surface area contributed by atoms with Gasteiger partial charge >= 0.3 is 0 Å². The molecule has 3 nitrogen and oxygen atoms in total. The van der Waals surface area contributed by atoms with E-state index in [-0.39, 0.29) is 23.0 Å². The van der Waals surface area contributed by atoms with E-state index in [1.165, 1.54) is 6.42 Å². The zero-order valence-electron chi connectivity index (χ0n) is 13.4. The molecule has 1 aromatic rings. The fourth-order valence-electron chi connectivity index (χ4n) is 3.69. The van der Waals surface area contributed by atoms with Gasteiger partial charge in [0.15, 0.2) is 0 Å². The first kappa shape index (κ1) is 15.9. The molecule has 2 rings (SSSR count). The summed E-state index contributed by atoms with van der Waals surface area (Å²) in [5, 5.41) is 12.4. The van der Waals surface area contributed by atoms with Crippen LogP contribution in [0, 0.1) is 17.3 Å². The van der Waals surface area contributed by atoms with Gasteiger partial charge in [0, 0.05) is 12.5 Å². The highest BCUT2D eigenvalue weighted by Gasteiger charge is 2.41. The van der Waals surface area contributed by atoms with Crippen LogP contribution in [0.4, 0.5) is 0 Å². The Morgan fingerprint density at radius 2 is 2.00 bits per heavy atom. The Hall–Kier alpha value is -1.51. The Morgan fingerprint density at radius 3 is 2.62 bits per heavy atom. The second-order valence-electron chi connectivity index (χ2n) is 7.04. The highest BCUT2D eigenvalue weighted by atomic mass is 16.3. The summed E-state index contributed by atoms with van der Waals surface area (Å²) in [6.07, 6.45) is 4.31. The molecule has 0 aromatic heterocycles. The SMILES string of the molecule is C[C@H]1CCCC(C)(C)[C@@H]1C(=O)NCCc1ccc(O)cc1. The van der Waals surface area contributed by atoms with Crippen LogP contribution in [0.5, 0.6) is 5.75 Å². The Morgan fingerprint density at radius 1 is 1.33 bits per heavy atom. The Bertz CT molecular complexity index is 478. The number of amides is 1. The molecular formula is C18H27NO2. The largest absolute Gasteiger partial charge is 0.508 e. The maximum absolute atomic E-state index is 12.5. The second-order valence-corrected chi connectivity index (χ2v) is 7.04. The van der Waals surface area contributed by atoms with Crippen molar-refractivity contribution in [2.45, 2.75) is 46.5 Å². The number of hydrogen-bond donors (Lipinski definition) is 2. The molecule has 0 saturated heterocycles. The van der Waals surface area contributed by atoms with Crippen LogP contribution >= 0.6 is 0 Å². The lowest BCUT2D eigenvalue weighted by atomic mass is 9.64. The third kappa shape index (κ3) is 3.99. The fraction of sp³-hybridized carbons (Fsp3) is 0.611. The Kier molecular flexibility index (Phi) is 4.92. The van der Waals surface area contributed by atoms with Crippen LogP contribution in [-0.2, 0) is 11.2 Å². The van der Waals surface area contributed by atoms with Gasteiger partial charge in [0.2, 0.25) is 5.91 Å². The van der Waals surface area contributed by atoms with Gasteiger partial charge in [-0.3, -0.25) is 4.79 Å². The molecule has 2 N–H and O–H groups in total. The van der Waals surface area contributed by atoms with Gasteiger partial charge in [-0.1, -0.05) is 39.3 Å². The monoisotopic (exact) mass is 289 g/mol. The van der Waals surface area contributed by atoms with Crippen LogP contribution in [-0.4, -0.2) is 17.6 Å². The van der Waals surface area contributed by atoms with E-state index < -0.39 is 0 Å². The molecule has 116 valence electrons. The van der Waals surface area contributed by atoms with E-state index in [1.54, 1.807) is 12.1 Å². The van der Waals surface area contributed by atoms with Crippen molar-refractivity contribution in [3.63, 3.8) is 0 Å². The van der Waals surface area contributed by atoms with Crippen molar-refractivity contribution < 1.29 is 9.90 Å². The van der Waals surface area contributed by atoms with Crippen molar-refractivity contribution in [2.75, 3.05) is 6.54 Å². The quantitative estimate of drug-likeness (QED) is 0.891. The maximum atomic E-state index is 12.5. The molecule has 1 amide bonds. The third-order valence-electron chi connectivity index (χ3n) is 4.82. The van der Waals surface area contributed by atoms with Crippen LogP contribution in [0.15, 0.2) is 24.3 Å². The molecule has 1 aliphatic rings. The summed E-state index contributed by atoms with van der Waals surface area (Å²) in [6, 6.07) is 7.16. The summed E-state index contributed by atoms with van der Waals surface area (Å²) in [7, 11) is 0. The van der Waals surface area contributed by atoms with Crippen LogP contribution in [0.2, 0.25) is 0 Å². The van der Waals surface area contributed by atoms with Crippen molar-refractivity contribution in [1.82, 2.24) is 5.32 Å². The smallest absolute Gasteiger partial charge is 0.223 e. The van der Waals surface area contributed by atoms with E-state index in [2.05, 4.69) is 26.1 Å². The topological polar surface area (TPSA) is 49.3 Å². The molecule has 1 aliphatic carbocycles. The predicted octanol–water partition coefficient (Wildman–Crippen LogP) is 3.51. The Labute approximate surface area is 127 Å². The van der Waals surface area contributed by atoms with Gasteiger partial charge in [0.05, 0.1) is 0 Å². The highest BCUT2D eigenvalue weighted by Crippen LogP contribution is 2.43. The van der Waals surface area contributed by atoms with Crippen LogP contribution in [0.1, 0.15) is 45.6 Å². The summed E-state index contributed by atoms with van der Waals surface area (Å²) >= 11 is 0. The van der Waals surface area contributed by atoms with E-state index in [1.807, 2.05) is 12.1 Å². The highest BCUT2D eigenvalue weighted by molar-refractivity contribution is 5.79. The first-order chi connectivity index (χ1) is 9.90. The van der Waals surface area contributed by atoms with Gasteiger partial charge in [0.1, 0.15) is 5.75 Å². The molecule has 1 fully saturated rings. The summed E-state index contributed by atoms with van der Waals surface area (Å²) < 4.78 is 0. The number of hydrogen-bond acceptors (Lipinski definition) is 2. The van der Waals surface area contributed by atoms with Gasteiger partial charge < -0.3 is 10.4 Å². The summed E-state index contributed by atoms with van der Waals surface area (Å²) in [6.45, 7) is 7.29. The molecule has 0 unspecified atom stereocenters. The van der Waals surface area contributed by atoms with Crippen molar-refractivity contribution in [3.8, 4) is 5.75 Å². The van der Waals surface area contributed by atoms with Gasteiger partial charge in [-0.15, -0.1) is 0 Å². The molecule has 1 aromatic carbocycles. The molecule has 0 aliphatic heterocycles. The zero-order chi connectivity index (χ0) is 15.5. The minimum Gasteiger partial charge on any atom is -0.508 e. The van der Waals surface area contributed by atoms with E-state index in [0.29, 0.717) is 12.5 Å². The van der Waals surface area contributed by atoms with E-state index in [9.17, 15) is 9.90 Å². The molecule has 0 bridgehead atoms. The predicted molar refractivity (Wildman–Crippen MR) is 85.1 cm³/mol. The number of benzene rings is 1.